The van der Waals surface area contributed by atoms with E-state index in [4.69, 9.17) is 10.3 Å². The Morgan fingerprint density at radius 3 is 2.68 bits per heavy atom. The number of piperazine rings is 1. The molecular formula is C17H27N7O. The van der Waals surface area contributed by atoms with Gasteiger partial charge in [0.25, 0.3) is 0 Å². The van der Waals surface area contributed by atoms with Gasteiger partial charge in [-0.1, -0.05) is 19.0 Å². The summed E-state index contributed by atoms with van der Waals surface area (Å²) in [5.74, 6) is 3.30. The van der Waals surface area contributed by atoms with Crippen LogP contribution in [0.4, 0.5) is 17.6 Å². The first-order valence-electron chi connectivity index (χ1n) is 8.76. The molecule has 2 aromatic heterocycles. The third-order valence-corrected chi connectivity index (χ3v) is 4.23. The summed E-state index contributed by atoms with van der Waals surface area (Å²) < 4.78 is 5.36. The number of nitrogens with two attached hydrogens (primary N) is 1. The molecule has 0 aromatic carbocycles. The molecule has 0 saturated carbocycles. The molecule has 136 valence electrons. The highest BCUT2D eigenvalue weighted by molar-refractivity contribution is 5.53. The Morgan fingerprint density at radius 1 is 1.20 bits per heavy atom. The zero-order valence-electron chi connectivity index (χ0n) is 15.2. The van der Waals surface area contributed by atoms with Gasteiger partial charge in [-0.2, -0.15) is 9.97 Å². The van der Waals surface area contributed by atoms with Crippen molar-refractivity contribution < 1.29 is 4.52 Å². The minimum absolute atomic E-state index is 0.277. The van der Waals surface area contributed by atoms with E-state index in [9.17, 15) is 0 Å². The minimum Gasteiger partial charge on any atom is -0.368 e. The van der Waals surface area contributed by atoms with E-state index in [1.54, 1.807) is 0 Å². The summed E-state index contributed by atoms with van der Waals surface area (Å²) in [5.41, 5.74) is 6.74. The summed E-state index contributed by atoms with van der Waals surface area (Å²) in [6.45, 7) is 8.77. The minimum atomic E-state index is 0.277. The molecule has 8 nitrogen and oxygen atoms in total. The SMILES string of the molecule is CC(C)Cc1cc(CNc2cc(N3CCN(C)CC3)nc(N)n2)no1. The maximum atomic E-state index is 5.89. The van der Waals surface area contributed by atoms with Crippen molar-refractivity contribution in [3.63, 3.8) is 0 Å². The lowest BCUT2D eigenvalue weighted by Crippen LogP contribution is -2.44. The van der Waals surface area contributed by atoms with Crippen molar-refractivity contribution in [3.8, 4) is 0 Å². The summed E-state index contributed by atoms with van der Waals surface area (Å²) in [6, 6.07) is 3.93. The van der Waals surface area contributed by atoms with Gasteiger partial charge in [-0.25, -0.2) is 0 Å². The van der Waals surface area contributed by atoms with Gasteiger partial charge < -0.3 is 25.4 Å². The second-order valence-electron chi connectivity index (χ2n) is 7.00. The molecule has 0 unspecified atom stereocenters. The van der Waals surface area contributed by atoms with Gasteiger partial charge in [0.05, 0.1) is 6.54 Å². The van der Waals surface area contributed by atoms with Gasteiger partial charge in [0, 0.05) is 44.7 Å². The second-order valence-corrected chi connectivity index (χ2v) is 7.00. The lowest BCUT2D eigenvalue weighted by atomic mass is 10.1. The van der Waals surface area contributed by atoms with Crippen molar-refractivity contribution >= 4 is 17.6 Å². The van der Waals surface area contributed by atoms with Gasteiger partial charge in [0.1, 0.15) is 23.1 Å². The predicted octanol–water partition coefficient (Wildman–Crippen LogP) is 1.61. The van der Waals surface area contributed by atoms with Gasteiger partial charge in [-0.15, -0.1) is 0 Å². The average Bonchev–Trinajstić information content (AvgIpc) is 3.00. The summed E-state index contributed by atoms with van der Waals surface area (Å²) >= 11 is 0. The Morgan fingerprint density at radius 2 is 1.96 bits per heavy atom. The molecule has 0 aliphatic carbocycles. The Labute approximate surface area is 148 Å². The molecule has 3 rings (SSSR count). The van der Waals surface area contributed by atoms with Crippen LogP contribution in [0.1, 0.15) is 25.3 Å². The third-order valence-electron chi connectivity index (χ3n) is 4.23. The van der Waals surface area contributed by atoms with Crippen LogP contribution in [0, 0.1) is 5.92 Å². The molecule has 1 fully saturated rings. The van der Waals surface area contributed by atoms with Crippen LogP contribution in [0.15, 0.2) is 16.7 Å². The van der Waals surface area contributed by atoms with Crippen LogP contribution in [0.5, 0.6) is 0 Å². The molecule has 3 heterocycles. The molecule has 1 aliphatic rings. The van der Waals surface area contributed by atoms with Crippen LogP contribution >= 0.6 is 0 Å². The van der Waals surface area contributed by atoms with Crippen LogP contribution in [0.25, 0.3) is 0 Å². The monoisotopic (exact) mass is 345 g/mol. The van der Waals surface area contributed by atoms with Gasteiger partial charge in [-0.05, 0) is 13.0 Å². The number of nitrogens with zero attached hydrogens (tertiary/aromatic N) is 5. The summed E-state index contributed by atoms with van der Waals surface area (Å²) in [7, 11) is 2.13. The van der Waals surface area contributed by atoms with Crippen molar-refractivity contribution in [2.24, 2.45) is 5.92 Å². The fourth-order valence-electron chi connectivity index (χ4n) is 2.86. The van der Waals surface area contributed by atoms with Crippen molar-refractivity contribution in [2.75, 3.05) is 49.2 Å². The molecule has 1 aliphatic heterocycles. The van der Waals surface area contributed by atoms with Crippen LogP contribution < -0.4 is 16.0 Å². The Kier molecular flexibility index (Phi) is 5.37. The lowest BCUT2D eigenvalue weighted by molar-refractivity contribution is 0.312. The van der Waals surface area contributed by atoms with Gasteiger partial charge in [-0.3, -0.25) is 0 Å². The molecule has 25 heavy (non-hydrogen) atoms. The van der Waals surface area contributed by atoms with E-state index in [2.05, 4.69) is 51.1 Å². The molecule has 8 heteroatoms. The van der Waals surface area contributed by atoms with Crippen molar-refractivity contribution in [1.29, 1.82) is 0 Å². The molecule has 0 radical (unpaired) electrons. The molecule has 0 amide bonds. The highest BCUT2D eigenvalue weighted by Gasteiger charge is 2.17. The van der Waals surface area contributed by atoms with Gasteiger partial charge in [0.15, 0.2) is 0 Å². The maximum absolute atomic E-state index is 5.89. The van der Waals surface area contributed by atoms with Gasteiger partial charge in [0.2, 0.25) is 5.95 Å². The first-order chi connectivity index (χ1) is 12.0. The summed E-state index contributed by atoms with van der Waals surface area (Å²) in [6.07, 6.45) is 0.890. The zero-order valence-corrected chi connectivity index (χ0v) is 15.2. The molecule has 0 bridgehead atoms. The molecule has 1 saturated heterocycles. The Hall–Kier alpha value is -2.35. The molecule has 2 aromatic rings. The summed E-state index contributed by atoms with van der Waals surface area (Å²) in [5, 5.41) is 7.37. The predicted molar refractivity (Wildman–Crippen MR) is 98.5 cm³/mol. The quantitative estimate of drug-likeness (QED) is 0.815. The number of aromatic nitrogens is 3. The fourth-order valence-corrected chi connectivity index (χ4v) is 2.86. The molecule has 3 N–H and O–H groups in total. The second kappa shape index (κ2) is 7.69. The number of nitrogen functional groups attached to an aromatic ring is 1. The van der Waals surface area contributed by atoms with E-state index in [1.165, 1.54) is 0 Å². The smallest absolute Gasteiger partial charge is 0.223 e. The maximum Gasteiger partial charge on any atom is 0.223 e. The van der Waals surface area contributed by atoms with Crippen LogP contribution in [0.2, 0.25) is 0 Å². The fraction of sp³-hybridized carbons (Fsp3) is 0.588. The van der Waals surface area contributed by atoms with Gasteiger partial charge >= 0.3 is 0 Å². The molecule has 0 spiro atoms. The normalized spacial score (nSPS) is 15.8. The number of hydrogen-bond donors (Lipinski definition) is 2. The third kappa shape index (κ3) is 4.82. The topological polar surface area (TPSA) is 96.3 Å². The number of nitrogens with one attached hydrogen (secondary N) is 1. The van der Waals surface area contributed by atoms with E-state index >= 15 is 0 Å². The largest absolute Gasteiger partial charge is 0.368 e. The number of likely N-dealkylation sites (N-methyl/N-ethyl adjacent to an activating group) is 1. The number of rotatable bonds is 6. The first-order valence-corrected chi connectivity index (χ1v) is 8.76. The zero-order chi connectivity index (χ0) is 17.8. The van der Waals surface area contributed by atoms with Crippen LogP contribution in [-0.4, -0.2) is 53.3 Å². The highest BCUT2D eigenvalue weighted by atomic mass is 16.5. The van der Waals surface area contributed by atoms with E-state index in [0.29, 0.717) is 18.3 Å². The van der Waals surface area contributed by atoms with Crippen LogP contribution in [-0.2, 0) is 13.0 Å². The molecule has 0 atom stereocenters. The first kappa shape index (κ1) is 17.5. The van der Waals surface area contributed by atoms with E-state index < -0.39 is 0 Å². The highest BCUT2D eigenvalue weighted by Crippen LogP contribution is 2.19. The van der Waals surface area contributed by atoms with Crippen molar-refractivity contribution in [3.05, 3.63) is 23.6 Å². The number of hydrogen-bond acceptors (Lipinski definition) is 8. The average molecular weight is 345 g/mol. The van der Waals surface area contributed by atoms with Crippen molar-refractivity contribution in [1.82, 2.24) is 20.0 Å². The summed E-state index contributed by atoms with van der Waals surface area (Å²) in [4.78, 5) is 13.2. The van der Waals surface area contributed by atoms with E-state index in [1.807, 2.05) is 12.1 Å². The molecular weight excluding hydrogens is 318 g/mol. The lowest BCUT2D eigenvalue weighted by Gasteiger charge is -2.33. The van der Waals surface area contributed by atoms with E-state index in [-0.39, 0.29) is 5.95 Å². The standard InChI is InChI=1S/C17H27N7O/c1-12(2)8-14-9-13(22-25-14)11-19-15-10-16(21-17(18)20-15)24-6-4-23(3)5-7-24/h9-10,12H,4-8,11H2,1-3H3,(H3,18,19,20,21). The Balaban J connectivity index is 1.63. The van der Waals surface area contributed by atoms with Crippen LogP contribution in [0.3, 0.4) is 0 Å². The van der Waals surface area contributed by atoms with Crippen molar-refractivity contribution in [2.45, 2.75) is 26.8 Å². The Bertz CT molecular complexity index is 692. The van der Waals surface area contributed by atoms with E-state index in [0.717, 1.165) is 49.9 Å². The number of anilines is 3.